The Hall–Kier alpha value is -4.00. The zero-order valence-electron chi connectivity index (χ0n) is 22.2. The van der Waals surface area contributed by atoms with E-state index in [-0.39, 0.29) is 18.4 Å². The first-order valence-electron chi connectivity index (χ1n) is 12.6. The standard InChI is InChI=1S/C30H35N3O4/c1-20(2)23-10-6-9-13-26(23)37-17-16-33-25-12-8-7-11-24(25)32-30(33)21(3)31-29(34)19-22-14-15-27(35-4)28(18-22)36-5/h6-15,18,20-21H,16-17,19H2,1-5H3,(H,31,34). The van der Waals surface area contributed by atoms with E-state index < -0.39 is 0 Å². The van der Waals surface area contributed by atoms with E-state index in [9.17, 15) is 4.79 Å². The third kappa shape index (κ3) is 6.05. The molecule has 1 atom stereocenters. The molecule has 1 heterocycles. The van der Waals surface area contributed by atoms with Crippen molar-refractivity contribution in [1.82, 2.24) is 14.9 Å². The second kappa shape index (κ2) is 11.8. The van der Waals surface area contributed by atoms with E-state index >= 15 is 0 Å². The van der Waals surface area contributed by atoms with Gasteiger partial charge in [-0.2, -0.15) is 0 Å². The quantitative estimate of drug-likeness (QED) is 0.286. The fourth-order valence-electron chi connectivity index (χ4n) is 4.53. The van der Waals surface area contributed by atoms with Gasteiger partial charge in [-0.05, 0) is 54.3 Å². The molecule has 0 spiro atoms. The predicted molar refractivity (Wildman–Crippen MR) is 146 cm³/mol. The number of nitrogens with zero attached hydrogens (tertiary/aromatic N) is 2. The summed E-state index contributed by atoms with van der Waals surface area (Å²) in [5, 5.41) is 3.11. The number of imidazole rings is 1. The molecule has 7 heteroatoms. The lowest BCUT2D eigenvalue weighted by Crippen LogP contribution is -2.30. The van der Waals surface area contributed by atoms with Gasteiger partial charge in [0.05, 0.1) is 44.3 Å². The Balaban J connectivity index is 1.49. The summed E-state index contributed by atoms with van der Waals surface area (Å²) in [5.41, 5.74) is 3.93. The van der Waals surface area contributed by atoms with Gasteiger partial charge in [-0.1, -0.05) is 50.2 Å². The molecule has 0 fully saturated rings. The van der Waals surface area contributed by atoms with Gasteiger partial charge >= 0.3 is 0 Å². The van der Waals surface area contributed by atoms with Crippen LogP contribution >= 0.6 is 0 Å². The largest absolute Gasteiger partial charge is 0.493 e. The monoisotopic (exact) mass is 501 g/mol. The van der Waals surface area contributed by atoms with Crippen LogP contribution in [-0.2, 0) is 17.8 Å². The second-order valence-electron chi connectivity index (χ2n) is 9.31. The first kappa shape index (κ1) is 26.1. The fourth-order valence-corrected chi connectivity index (χ4v) is 4.53. The summed E-state index contributed by atoms with van der Waals surface area (Å²) < 4.78 is 19.0. The second-order valence-corrected chi connectivity index (χ2v) is 9.31. The highest BCUT2D eigenvalue weighted by Gasteiger charge is 2.19. The molecule has 1 N–H and O–H groups in total. The number of carbonyl (C=O) groups excluding carboxylic acids is 1. The van der Waals surface area contributed by atoms with Gasteiger partial charge in [-0.15, -0.1) is 0 Å². The highest BCUT2D eigenvalue weighted by molar-refractivity contribution is 5.80. The Labute approximate surface area is 218 Å². The molecule has 3 aromatic carbocycles. The van der Waals surface area contributed by atoms with E-state index in [2.05, 4.69) is 29.8 Å². The zero-order chi connectivity index (χ0) is 26.4. The molecule has 1 aromatic heterocycles. The third-order valence-corrected chi connectivity index (χ3v) is 6.37. The molecule has 0 aliphatic carbocycles. The minimum Gasteiger partial charge on any atom is -0.493 e. The molecule has 194 valence electrons. The maximum Gasteiger partial charge on any atom is 0.224 e. The number of rotatable bonds is 11. The van der Waals surface area contributed by atoms with Gasteiger partial charge in [0.25, 0.3) is 0 Å². The van der Waals surface area contributed by atoms with Crippen LogP contribution in [0.15, 0.2) is 66.7 Å². The Kier molecular flexibility index (Phi) is 8.33. The first-order chi connectivity index (χ1) is 17.9. The molecular weight excluding hydrogens is 466 g/mol. The van der Waals surface area contributed by atoms with Crippen LogP contribution in [0, 0.1) is 0 Å². The summed E-state index contributed by atoms with van der Waals surface area (Å²) >= 11 is 0. The summed E-state index contributed by atoms with van der Waals surface area (Å²) in [4.78, 5) is 17.8. The number of amides is 1. The Morgan fingerprint density at radius 2 is 1.65 bits per heavy atom. The Morgan fingerprint density at radius 3 is 2.41 bits per heavy atom. The maximum atomic E-state index is 12.9. The van der Waals surface area contributed by atoms with Gasteiger partial charge in [-0.25, -0.2) is 4.98 Å². The molecule has 1 unspecified atom stereocenters. The average molecular weight is 502 g/mol. The van der Waals surface area contributed by atoms with Crippen LogP contribution in [0.25, 0.3) is 11.0 Å². The number of hydrogen-bond donors (Lipinski definition) is 1. The number of nitrogens with one attached hydrogen (secondary N) is 1. The lowest BCUT2D eigenvalue weighted by Gasteiger charge is -2.18. The molecule has 0 aliphatic rings. The van der Waals surface area contributed by atoms with Crippen molar-refractivity contribution in [2.75, 3.05) is 20.8 Å². The highest BCUT2D eigenvalue weighted by atomic mass is 16.5. The van der Waals surface area contributed by atoms with E-state index in [4.69, 9.17) is 19.2 Å². The van der Waals surface area contributed by atoms with Crippen LogP contribution in [0.1, 0.15) is 49.7 Å². The van der Waals surface area contributed by atoms with Crippen molar-refractivity contribution in [1.29, 1.82) is 0 Å². The number of aromatic nitrogens is 2. The highest BCUT2D eigenvalue weighted by Crippen LogP contribution is 2.28. The van der Waals surface area contributed by atoms with Gasteiger partial charge in [-0.3, -0.25) is 4.79 Å². The topological polar surface area (TPSA) is 74.6 Å². The van der Waals surface area contributed by atoms with Gasteiger partial charge in [0.1, 0.15) is 18.2 Å². The SMILES string of the molecule is COc1ccc(CC(=O)NC(C)c2nc3ccccc3n2CCOc2ccccc2C(C)C)cc1OC. The van der Waals surface area contributed by atoms with Crippen molar-refractivity contribution in [2.45, 2.75) is 45.7 Å². The molecule has 0 bridgehead atoms. The minimum absolute atomic E-state index is 0.0968. The number of ether oxygens (including phenoxy) is 3. The summed E-state index contributed by atoms with van der Waals surface area (Å²) in [5.74, 6) is 3.21. The average Bonchev–Trinajstić information content (AvgIpc) is 3.27. The molecule has 0 radical (unpaired) electrons. The van der Waals surface area contributed by atoms with E-state index in [1.54, 1.807) is 14.2 Å². The van der Waals surface area contributed by atoms with Crippen molar-refractivity contribution in [3.05, 3.63) is 83.7 Å². The normalized spacial score (nSPS) is 11.9. The lowest BCUT2D eigenvalue weighted by atomic mass is 10.0. The van der Waals surface area contributed by atoms with Crippen molar-refractivity contribution < 1.29 is 19.0 Å². The van der Waals surface area contributed by atoms with Crippen LogP contribution in [0.2, 0.25) is 0 Å². The Bertz CT molecular complexity index is 1360. The minimum atomic E-state index is -0.289. The third-order valence-electron chi connectivity index (χ3n) is 6.37. The van der Waals surface area contributed by atoms with Crippen LogP contribution in [0.4, 0.5) is 0 Å². The molecule has 4 aromatic rings. The van der Waals surface area contributed by atoms with Crippen LogP contribution in [0.3, 0.4) is 0 Å². The van der Waals surface area contributed by atoms with Crippen molar-refractivity contribution in [2.24, 2.45) is 0 Å². The lowest BCUT2D eigenvalue weighted by molar-refractivity contribution is -0.121. The van der Waals surface area contributed by atoms with E-state index in [1.807, 2.05) is 67.6 Å². The van der Waals surface area contributed by atoms with Gasteiger partial charge in [0.15, 0.2) is 11.5 Å². The molecule has 7 nitrogen and oxygen atoms in total. The Morgan fingerprint density at radius 1 is 0.919 bits per heavy atom. The fraction of sp³-hybridized carbons (Fsp3) is 0.333. The summed E-state index contributed by atoms with van der Waals surface area (Å²) in [7, 11) is 3.17. The van der Waals surface area contributed by atoms with Crippen LogP contribution in [0.5, 0.6) is 17.2 Å². The number of hydrogen-bond acceptors (Lipinski definition) is 5. The molecule has 37 heavy (non-hydrogen) atoms. The van der Waals surface area contributed by atoms with E-state index in [1.165, 1.54) is 5.56 Å². The molecule has 1 amide bonds. The molecule has 0 aliphatic heterocycles. The number of methoxy groups -OCH3 is 2. The zero-order valence-corrected chi connectivity index (χ0v) is 22.2. The van der Waals surface area contributed by atoms with Gasteiger partial charge in [0, 0.05) is 0 Å². The smallest absolute Gasteiger partial charge is 0.224 e. The number of fused-ring (bicyclic) bond motifs is 1. The predicted octanol–water partition coefficient (Wildman–Crippen LogP) is 5.68. The first-order valence-corrected chi connectivity index (χ1v) is 12.6. The molecule has 4 rings (SSSR count). The number of benzene rings is 3. The summed E-state index contributed by atoms with van der Waals surface area (Å²) in [6.45, 7) is 7.38. The molecular formula is C30H35N3O4. The summed E-state index contributed by atoms with van der Waals surface area (Å²) in [6, 6.07) is 21.4. The van der Waals surface area contributed by atoms with E-state index in [0.717, 1.165) is 28.2 Å². The maximum absolute atomic E-state index is 12.9. The molecule has 0 saturated carbocycles. The summed E-state index contributed by atoms with van der Waals surface area (Å²) in [6.07, 6.45) is 0.222. The van der Waals surface area contributed by atoms with Crippen molar-refractivity contribution in [3.63, 3.8) is 0 Å². The van der Waals surface area contributed by atoms with Crippen molar-refractivity contribution in [3.8, 4) is 17.2 Å². The van der Waals surface area contributed by atoms with E-state index in [0.29, 0.717) is 30.6 Å². The van der Waals surface area contributed by atoms with Gasteiger partial charge in [0.2, 0.25) is 5.91 Å². The van der Waals surface area contributed by atoms with Gasteiger partial charge < -0.3 is 24.1 Å². The van der Waals surface area contributed by atoms with Crippen LogP contribution < -0.4 is 19.5 Å². The van der Waals surface area contributed by atoms with Crippen LogP contribution in [-0.4, -0.2) is 36.3 Å². The number of carbonyl (C=O) groups is 1. The van der Waals surface area contributed by atoms with Crippen molar-refractivity contribution >= 4 is 16.9 Å². The number of para-hydroxylation sites is 3. The molecule has 0 saturated heterocycles.